The van der Waals surface area contributed by atoms with Gasteiger partial charge in [0.2, 0.25) is 0 Å². The number of ether oxygens (including phenoxy) is 1. The molecule has 98 valence electrons. The van der Waals surface area contributed by atoms with E-state index in [4.69, 9.17) is 14.4 Å². The van der Waals surface area contributed by atoms with Crippen LogP contribution in [0.4, 0.5) is 0 Å². The number of nitrogens with zero attached hydrogens (tertiary/aromatic N) is 1. The van der Waals surface area contributed by atoms with Crippen LogP contribution in [-0.2, 0) is 11.2 Å². The SMILES string of the molecule is CCOC(=O)c1coc2c1/C(=N/O)CC(C)(C)C2. The fourth-order valence-corrected chi connectivity index (χ4v) is 2.33. The molecule has 1 N–H and O–H groups in total. The minimum atomic E-state index is -0.441. The lowest BCUT2D eigenvalue weighted by Gasteiger charge is -2.28. The van der Waals surface area contributed by atoms with Gasteiger partial charge < -0.3 is 14.4 Å². The molecule has 1 aromatic heterocycles. The van der Waals surface area contributed by atoms with E-state index in [1.54, 1.807) is 6.92 Å². The number of esters is 1. The second-order valence-electron chi connectivity index (χ2n) is 5.23. The van der Waals surface area contributed by atoms with Crippen molar-refractivity contribution < 1.29 is 19.2 Å². The van der Waals surface area contributed by atoms with E-state index >= 15 is 0 Å². The summed E-state index contributed by atoms with van der Waals surface area (Å²) in [4.78, 5) is 11.8. The largest absolute Gasteiger partial charge is 0.468 e. The molecule has 0 bridgehead atoms. The predicted octanol–water partition coefficient (Wildman–Crippen LogP) is 2.61. The summed E-state index contributed by atoms with van der Waals surface area (Å²) in [5, 5.41) is 12.4. The summed E-state index contributed by atoms with van der Waals surface area (Å²) in [6.45, 7) is 6.17. The average Bonchev–Trinajstić information content (AvgIpc) is 2.70. The molecule has 18 heavy (non-hydrogen) atoms. The van der Waals surface area contributed by atoms with Crippen LogP contribution in [0.5, 0.6) is 0 Å². The third-order valence-electron chi connectivity index (χ3n) is 3.06. The van der Waals surface area contributed by atoms with Gasteiger partial charge in [-0.15, -0.1) is 0 Å². The Morgan fingerprint density at radius 3 is 2.89 bits per heavy atom. The first-order chi connectivity index (χ1) is 8.48. The first-order valence-corrected chi connectivity index (χ1v) is 5.97. The summed E-state index contributed by atoms with van der Waals surface area (Å²) in [5.41, 5.74) is 1.38. The van der Waals surface area contributed by atoms with Crippen molar-refractivity contribution in [2.75, 3.05) is 6.61 Å². The number of carbonyl (C=O) groups is 1. The van der Waals surface area contributed by atoms with Crippen LogP contribution < -0.4 is 0 Å². The van der Waals surface area contributed by atoms with E-state index in [2.05, 4.69) is 19.0 Å². The first kappa shape index (κ1) is 12.7. The number of furan rings is 1. The van der Waals surface area contributed by atoms with Gasteiger partial charge in [-0.3, -0.25) is 0 Å². The summed E-state index contributed by atoms with van der Waals surface area (Å²) in [7, 11) is 0. The maximum Gasteiger partial charge on any atom is 0.342 e. The van der Waals surface area contributed by atoms with Gasteiger partial charge in [-0.05, 0) is 18.8 Å². The number of fused-ring (bicyclic) bond motifs is 1. The molecule has 1 aliphatic carbocycles. The first-order valence-electron chi connectivity index (χ1n) is 5.97. The van der Waals surface area contributed by atoms with E-state index in [9.17, 15) is 4.79 Å². The Bertz CT molecular complexity index is 499. The van der Waals surface area contributed by atoms with Gasteiger partial charge >= 0.3 is 5.97 Å². The van der Waals surface area contributed by atoms with E-state index < -0.39 is 5.97 Å². The quantitative estimate of drug-likeness (QED) is 0.498. The van der Waals surface area contributed by atoms with Crippen LogP contribution in [0.25, 0.3) is 0 Å². The van der Waals surface area contributed by atoms with Gasteiger partial charge in [-0.2, -0.15) is 0 Å². The highest BCUT2D eigenvalue weighted by molar-refractivity contribution is 6.10. The molecule has 0 aliphatic heterocycles. The minimum absolute atomic E-state index is 0.0433. The van der Waals surface area contributed by atoms with Gasteiger partial charge in [0.05, 0.1) is 17.9 Å². The summed E-state index contributed by atoms with van der Waals surface area (Å²) in [6, 6.07) is 0. The molecule has 0 fully saturated rings. The van der Waals surface area contributed by atoms with Crippen LogP contribution in [0, 0.1) is 5.41 Å². The molecule has 5 nitrogen and oxygen atoms in total. The number of hydrogen-bond donors (Lipinski definition) is 1. The van der Waals surface area contributed by atoms with Crippen LogP contribution in [0.2, 0.25) is 0 Å². The van der Waals surface area contributed by atoms with Gasteiger partial charge in [0, 0.05) is 6.42 Å². The lowest BCUT2D eigenvalue weighted by atomic mass is 9.75. The standard InChI is InChI=1S/C13H17NO4/c1-4-17-12(15)8-7-18-10-6-13(2,3)5-9(14-16)11(8)10/h7,16H,4-6H2,1-3H3/b14-9+. The zero-order valence-electron chi connectivity index (χ0n) is 10.8. The van der Waals surface area contributed by atoms with Gasteiger partial charge in [-0.1, -0.05) is 19.0 Å². The van der Waals surface area contributed by atoms with E-state index in [-0.39, 0.29) is 5.41 Å². The van der Waals surface area contributed by atoms with Crippen molar-refractivity contribution in [2.45, 2.75) is 33.6 Å². The van der Waals surface area contributed by atoms with Crippen molar-refractivity contribution in [3.05, 3.63) is 23.2 Å². The number of oxime groups is 1. The number of rotatable bonds is 2. The van der Waals surface area contributed by atoms with Crippen molar-refractivity contribution in [1.82, 2.24) is 0 Å². The normalized spacial score (nSPS) is 19.6. The molecular weight excluding hydrogens is 234 g/mol. The van der Waals surface area contributed by atoms with Gasteiger partial charge in [0.25, 0.3) is 0 Å². The summed E-state index contributed by atoms with van der Waals surface area (Å²) in [6.07, 6.45) is 2.69. The molecule has 0 saturated heterocycles. The van der Waals surface area contributed by atoms with Crippen molar-refractivity contribution in [3.8, 4) is 0 Å². The average molecular weight is 251 g/mol. The zero-order valence-corrected chi connectivity index (χ0v) is 10.8. The molecule has 0 atom stereocenters. The van der Waals surface area contributed by atoms with E-state index in [1.165, 1.54) is 6.26 Å². The van der Waals surface area contributed by atoms with Crippen molar-refractivity contribution in [3.63, 3.8) is 0 Å². The predicted molar refractivity (Wildman–Crippen MR) is 65.1 cm³/mol. The highest BCUT2D eigenvalue weighted by Gasteiger charge is 2.36. The molecule has 0 spiro atoms. The second-order valence-corrected chi connectivity index (χ2v) is 5.23. The highest BCUT2D eigenvalue weighted by Crippen LogP contribution is 2.37. The van der Waals surface area contributed by atoms with Crippen LogP contribution in [0.1, 0.15) is 48.9 Å². The second kappa shape index (κ2) is 4.48. The Balaban J connectivity index is 2.46. The summed E-state index contributed by atoms with van der Waals surface area (Å²) in [5.74, 6) is 0.241. The van der Waals surface area contributed by atoms with Gasteiger partial charge in [-0.25, -0.2) is 4.79 Å². The van der Waals surface area contributed by atoms with Crippen LogP contribution in [0.3, 0.4) is 0 Å². The van der Waals surface area contributed by atoms with Crippen LogP contribution in [-0.4, -0.2) is 23.5 Å². The lowest BCUT2D eigenvalue weighted by molar-refractivity contribution is 0.0525. The fourth-order valence-electron chi connectivity index (χ4n) is 2.33. The highest BCUT2D eigenvalue weighted by atomic mass is 16.5. The van der Waals surface area contributed by atoms with E-state index in [0.717, 1.165) is 0 Å². The fraction of sp³-hybridized carbons (Fsp3) is 0.538. The topological polar surface area (TPSA) is 72.0 Å². The van der Waals surface area contributed by atoms with Crippen LogP contribution in [0.15, 0.2) is 15.8 Å². The molecule has 0 aromatic carbocycles. The number of carbonyl (C=O) groups excluding carboxylic acids is 1. The number of hydrogen-bond acceptors (Lipinski definition) is 5. The maximum absolute atomic E-state index is 11.8. The molecule has 0 amide bonds. The van der Waals surface area contributed by atoms with Crippen molar-refractivity contribution in [1.29, 1.82) is 0 Å². The Morgan fingerprint density at radius 1 is 1.56 bits per heavy atom. The van der Waals surface area contributed by atoms with Gasteiger partial charge in [0.1, 0.15) is 17.6 Å². The molecule has 1 heterocycles. The third kappa shape index (κ3) is 2.12. The Labute approximate surface area is 105 Å². The minimum Gasteiger partial charge on any atom is -0.468 e. The van der Waals surface area contributed by atoms with Crippen molar-refractivity contribution in [2.24, 2.45) is 10.6 Å². The Hall–Kier alpha value is -1.78. The molecule has 0 radical (unpaired) electrons. The van der Waals surface area contributed by atoms with E-state index in [1.807, 2.05) is 0 Å². The third-order valence-corrected chi connectivity index (χ3v) is 3.06. The molecule has 0 unspecified atom stereocenters. The zero-order chi connectivity index (χ0) is 13.3. The molecule has 1 aliphatic rings. The van der Waals surface area contributed by atoms with Crippen molar-refractivity contribution >= 4 is 11.7 Å². The molecule has 5 heteroatoms. The molecule has 0 saturated carbocycles. The Morgan fingerprint density at radius 2 is 2.28 bits per heavy atom. The Kier molecular flexibility index (Phi) is 3.15. The lowest BCUT2D eigenvalue weighted by Crippen LogP contribution is -2.28. The molecule has 1 aromatic rings. The summed E-state index contributed by atoms with van der Waals surface area (Å²) >= 11 is 0. The monoisotopic (exact) mass is 251 g/mol. The maximum atomic E-state index is 11.8. The molecular formula is C13H17NO4. The van der Waals surface area contributed by atoms with Crippen LogP contribution >= 0.6 is 0 Å². The van der Waals surface area contributed by atoms with Gasteiger partial charge in [0.15, 0.2) is 0 Å². The van der Waals surface area contributed by atoms with E-state index in [0.29, 0.717) is 42.0 Å². The smallest absolute Gasteiger partial charge is 0.342 e. The molecule has 2 rings (SSSR count). The summed E-state index contributed by atoms with van der Waals surface area (Å²) < 4.78 is 10.4.